The molecule has 1 aromatic heterocycles. The van der Waals surface area contributed by atoms with E-state index in [1.807, 2.05) is 30.3 Å². The molecule has 146 valence electrons. The van der Waals surface area contributed by atoms with Gasteiger partial charge in [0.25, 0.3) is 15.9 Å². The van der Waals surface area contributed by atoms with Crippen molar-refractivity contribution in [3.63, 3.8) is 0 Å². The van der Waals surface area contributed by atoms with Crippen LogP contribution < -0.4 is 9.62 Å². The molecule has 0 aliphatic heterocycles. The van der Waals surface area contributed by atoms with E-state index in [9.17, 15) is 13.2 Å². The molecule has 1 heterocycles. The fourth-order valence-electron chi connectivity index (χ4n) is 2.81. The average Bonchev–Trinajstić information content (AvgIpc) is 3.16. The lowest BCUT2D eigenvalue weighted by molar-refractivity contribution is 0.102. The number of carbonyl (C=O) groups is 1. The summed E-state index contributed by atoms with van der Waals surface area (Å²) >= 11 is 1.38. The number of sulfonamides is 1. The lowest BCUT2D eigenvalue weighted by Gasteiger charge is -2.19. The van der Waals surface area contributed by atoms with E-state index < -0.39 is 10.0 Å². The minimum atomic E-state index is -3.72. The van der Waals surface area contributed by atoms with Crippen LogP contribution in [0.25, 0.3) is 10.2 Å². The number of thiazole rings is 1. The molecule has 0 spiro atoms. The van der Waals surface area contributed by atoms with Gasteiger partial charge in [-0.25, -0.2) is 13.4 Å². The van der Waals surface area contributed by atoms with E-state index in [1.54, 1.807) is 24.3 Å². The molecule has 29 heavy (non-hydrogen) atoms. The van der Waals surface area contributed by atoms with Crippen LogP contribution in [0.2, 0.25) is 0 Å². The van der Waals surface area contributed by atoms with E-state index in [1.165, 1.54) is 47.0 Å². The molecule has 0 saturated heterocycles. The maximum absolute atomic E-state index is 12.8. The Kier molecular flexibility index (Phi) is 5.04. The van der Waals surface area contributed by atoms with Crippen LogP contribution in [0.4, 0.5) is 10.8 Å². The van der Waals surface area contributed by atoms with Crippen LogP contribution in [0.1, 0.15) is 10.4 Å². The van der Waals surface area contributed by atoms with Crippen molar-refractivity contribution in [3.8, 4) is 0 Å². The number of nitrogens with one attached hydrogen (secondary N) is 1. The fourth-order valence-corrected chi connectivity index (χ4v) is 4.86. The molecular formula is C21H17N3O3S2. The smallest absolute Gasteiger partial charge is 0.264 e. The lowest BCUT2D eigenvalue weighted by Crippen LogP contribution is -2.26. The van der Waals surface area contributed by atoms with E-state index in [-0.39, 0.29) is 10.8 Å². The molecule has 1 amide bonds. The topological polar surface area (TPSA) is 79.4 Å². The summed E-state index contributed by atoms with van der Waals surface area (Å²) in [5.41, 5.74) is 1.73. The second kappa shape index (κ2) is 7.65. The predicted octanol–water partition coefficient (Wildman–Crippen LogP) is 4.37. The fraction of sp³-hybridized carbons (Fsp3) is 0.0476. The third-order valence-electron chi connectivity index (χ3n) is 4.41. The highest BCUT2D eigenvalue weighted by Crippen LogP contribution is 2.26. The van der Waals surface area contributed by atoms with Crippen molar-refractivity contribution in [3.05, 3.63) is 84.4 Å². The van der Waals surface area contributed by atoms with Crippen LogP contribution >= 0.6 is 11.3 Å². The molecule has 0 saturated carbocycles. The Balaban J connectivity index is 1.53. The van der Waals surface area contributed by atoms with E-state index >= 15 is 0 Å². The number of nitrogens with zero attached hydrogens (tertiary/aromatic N) is 2. The van der Waals surface area contributed by atoms with E-state index in [2.05, 4.69) is 10.3 Å². The molecular weight excluding hydrogens is 406 g/mol. The minimum absolute atomic E-state index is 0.111. The first-order valence-electron chi connectivity index (χ1n) is 8.76. The largest absolute Gasteiger partial charge is 0.298 e. The van der Waals surface area contributed by atoms with Crippen molar-refractivity contribution in [2.75, 3.05) is 16.7 Å². The standard InChI is InChI=1S/C21H17N3O3S2/c1-24(16-7-3-2-4-8-16)29(26,27)17-13-11-15(12-14-17)20(25)23-21-22-18-9-5-6-10-19(18)28-21/h2-14H,1H3,(H,22,23,25). The maximum Gasteiger partial charge on any atom is 0.264 e. The SMILES string of the molecule is CN(c1ccccc1)S(=O)(=O)c1ccc(C(=O)Nc2nc3ccccc3s2)cc1. The van der Waals surface area contributed by atoms with Crippen molar-refractivity contribution in [1.82, 2.24) is 4.98 Å². The molecule has 4 aromatic rings. The van der Waals surface area contributed by atoms with Crippen molar-refractivity contribution in [2.24, 2.45) is 0 Å². The second-order valence-electron chi connectivity index (χ2n) is 6.27. The molecule has 0 atom stereocenters. The predicted molar refractivity (Wildman–Crippen MR) is 116 cm³/mol. The molecule has 8 heteroatoms. The van der Waals surface area contributed by atoms with Gasteiger partial charge in [-0.1, -0.05) is 41.7 Å². The molecule has 0 radical (unpaired) electrons. The maximum atomic E-state index is 12.8. The Hall–Kier alpha value is -3.23. The Morgan fingerprint density at radius 3 is 2.28 bits per heavy atom. The molecule has 0 fully saturated rings. The van der Waals surface area contributed by atoms with Gasteiger partial charge in [0, 0.05) is 12.6 Å². The number of rotatable bonds is 5. The Morgan fingerprint density at radius 2 is 1.59 bits per heavy atom. The molecule has 0 aliphatic carbocycles. The number of fused-ring (bicyclic) bond motifs is 1. The second-order valence-corrected chi connectivity index (χ2v) is 9.27. The summed E-state index contributed by atoms with van der Waals surface area (Å²) in [7, 11) is -2.22. The molecule has 3 aromatic carbocycles. The Bertz CT molecular complexity index is 1230. The average molecular weight is 424 g/mol. The Morgan fingerprint density at radius 1 is 0.931 bits per heavy atom. The van der Waals surface area contributed by atoms with Gasteiger partial charge < -0.3 is 0 Å². The summed E-state index contributed by atoms with van der Waals surface area (Å²) in [6.45, 7) is 0. The number of para-hydroxylation sites is 2. The van der Waals surface area contributed by atoms with Gasteiger partial charge in [-0.3, -0.25) is 14.4 Å². The highest BCUT2D eigenvalue weighted by molar-refractivity contribution is 7.92. The molecule has 6 nitrogen and oxygen atoms in total. The van der Waals surface area contributed by atoms with Gasteiger partial charge in [-0.2, -0.15) is 0 Å². The van der Waals surface area contributed by atoms with Crippen molar-refractivity contribution < 1.29 is 13.2 Å². The number of hydrogen-bond donors (Lipinski definition) is 1. The number of benzene rings is 3. The zero-order chi connectivity index (χ0) is 20.4. The number of carbonyl (C=O) groups excluding carboxylic acids is 1. The van der Waals surface area contributed by atoms with Crippen LogP contribution in [-0.4, -0.2) is 26.4 Å². The number of aromatic nitrogens is 1. The van der Waals surface area contributed by atoms with Gasteiger partial charge in [-0.15, -0.1) is 0 Å². The van der Waals surface area contributed by atoms with E-state index in [0.29, 0.717) is 16.4 Å². The van der Waals surface area contributed by atoms with Crippen molar-refractivity contribution >= 4 is 48.3 Å². The third-order valence-corrected chi connectivity index (χ3v) is 7.16. The van der Waals surface area contributed by atoms with Crippen LogP contribution in [0.15, 0.2) is 83.8 Å². The zero-order valence-electron chi connectivity index (χ0n) is 15.4. The number of amides is 1. The Labute approximate surface area is 172 Å². The summed E-state index contributed by atoms with van der Waals surface area (Å²) < 4.78 is 27.8. The lowest BCUT2D eigenvalue weighted by atomic mass is 10.2. The quantitative estimate of drug-likeness (QED) is 0.517. The van der Waals surface area contributed by atoms with Gasteiger partial charge in [-0.05, 0) is 48.5 Å². The summed E-state index contributed by atoms with van der Waals surface area (Å²) in [5, 5.41) is 3.26. The molecule has 4 rings (SSSR count). The van der Waals surface area contributed by atoms with Crippen LogP contribution in [-0.2, 0) is 10.0 Å². The summed E-state index contributed by atoms with van der Waals surface area (Å²) in [4.78, 5) is 17.0. The monoisotopic (exact) mass is 423 g/mol. The molecule has 0 unspecified atom stereocenters. The first-order valence-corrected chi connectivity index (χ1v) is 11.0. The minimum Gasteiger partial charge on any atom is -0.298 e. The van der Waals surface area contributed by atoms with Gasteiger partial charge in [0.2, 0.25) is 0 Å². The molecule has 0 aliphatic rings. The number of anilines is 2. The van der Waals surface area contributed by atoms with Gasteiger partial charge in [0.15, 0.2) is 5.13 Å². The summed E-state index contributed by atoms with van der Waals surface area (Å²) in [6, 6.07) is 22.3. The third kappa shape index (κ3) is 3.85. The van der Waals surface area contributed by atoms with E-state index in [0.717, 1.165) is 10.2 Å². The normalized spacial score (nSPS) is 11.3. The van der Waals surface area contributed by atoms with Crippen molar-refractivity contribution in [1.29, 1.82) is 0 Å². The highest BCUT2D eigenvalue weighted by atomic mass is 32.2. The summed E-state index contributed by atoms with van der Waals surface area (Å²) in [5.74, 6) is -0.343. The van der Waals surface area contributed by atoms with Gasteiger partial charge >= 0.3 is 0 Å². The first-order chi connectivity index (χ1) is 13.9. The van der Waals surface area contributed by atoms with Gasteiger partial charge in [0.1, 0.15) is 0 Å². The zero-order valence-corrected chi connectivity index (χ0v) is 17.1. The number of hydrogen-bond acceptors (Lipinski definition) is 5. The first kappa shape index (κ1) is 19.1. The van der Waals surface area contributed by atoms with Crippen molar-refractivity contribution in [2.45, 2.75) is 4.90 Å². The molecule has 1 N–H and O–H groups in total. The highest BCUT2D eigenvalue weighted by Gasteiger charge is 2.21. The molecule has 0 bridgehead atoms. The van der Waals surface area contributed by atoms with Gasteiger partial charge in [0.05, 0.1) is 20.8 Å². The van der Waals surface area contributed by atoms with Crippen LogP contribution in [0, 0.1) is 0 Å². The summed E-state index contributed by atoms with van der Waals surface area (Å²) in [6.07, 6.45) is 0. The van der Waals surface area contributed by atoms with Crippen LogP contribution in [0.3, 0.4) is 0 Å². The van der Waals surface area contributed by atoms with E-state index in [4.69, 9.17) is 0 Å². The van der Waals surface area contributed by atoms with Crippen LogP contribution in [0.5, 0.6) is 0 Å².